The van der Waals surface area contributed by atoms with Crippen molar-refractivity contribution in [2.45, 2.75) is 6.54 Å². The number of methoxy groups -OCH3 is 1. The summed E-state index contributed by atoms with van der Waals surface area (Å²) in [5.74, 6) is 0.766. The number of nitrogens with zero attached hydrogens (tertiary/aromatic N) is 3. The van der Waals surface area contributed by atoms with Gasteiger partial charge in [0.2, 0.25) is 5.89 Å². The predicted octanol–water partition coefficient (Wildman–Crippen LogP) is 4.24. The van der Waals surface area contributed by atoms with Gasteiger partial charge in [0.25, 0.3) is 11.8 Å². The topological polar surface area (TPSA) is 68.5 Å². The number of aromatic nitrogens is 2. The second kappa shape index (κ2) is 8.33. The molecule has 2 heterocycles. The Labute approximate surface area is 166 Å². The number of hydrogen-bond acceptors (Lipinski definition) is 6. The van der Waals surface area contributed by atoms with E-state index in [-0.39, 0.29) is 12.5 Å². The SMILES string of the molecule is COCCN(Cc1nnc(-c2cccs2)o1)C(=O)c1ccc2ccccc2c1. The number of carbonyl (C=O) groups excluding carboxylic acids is 1. The molecule has 0 bridgehead atoms. The van der Waals surface area contributed by atoms with E-state index in [2.05, 4.69) is 10.2 Å². The average Bonchev–Trinajstić information content (AvgIpc) is 3.42. The average molecular weight is 393 g/mol. The van der Waals surface area contributed by atoms with Crippen LogP contribution in [-0.2, 0) is 11.3 Å². The number of carbonyl (C=O) groups is 1. The summed E-state index contributed by atoms with van der Waals surface area (Å²) in [6.45, 7) is 1.08. The lowest BCUT2D eigenvalue weighted by atomic mass is 10.1. The van der Waals surface area contributed by atoms with Gasteiger partial charge in [0.1, 0.15) is 0 Å². The molecular formula is C21H19N3O3S. The molecule has 0 saturated carbocycles. The molecule has 142 valence electrons. The molecule has 2 aromatic carbocycles. The summed E-state index contributed by atoms with van der Waals surface area (Å²) in [5, 5.41) is 12.3. The fourth-order valence-corrected chi connectivity index (χ4v) is 3.58. The monoisotopic (exact) mass is 393 g/mol. The molecule has 6 nitrogen and oxygen atoms in total. The summed E-state index contributed by atoms with van der Waals surface area (Å²) in [7, 11) is 1.61. The van der Waals surface area contributed by atoms with Gasteiger partial charge < -0.3 is 14.1 Å². The summed E-state index contributed by atoms with van der Waals surface area (Å²) >= 11 is 1.53. The number of benzene rings is 2. The van der Waals surface area contributed by atoms with Crippen molar-refractivity contribution < 1.29 is 13.9 Å². The van der Waals surface area contributed by atoms with Crippen molar-refractivity contribution in [2.75, 3.05) is 20.3 Å². The minimum atomic E-state index is -0.0984. The first-order valence-corrected chi connectivity index (χ1v) is 9.76. The Bertz CT molecular complexity index is 1080. The molecule has 0 unspecified atom stereocenters. The van der Waals surface area contributed by atoms with Crippen LogP contribution in [0.1, 0.15) is 16.2 Å². The van der Waals surface area contributed by atoms with Gasteiger partial charge in [0.05, 0.1) is 18.0 Å². The van der Waals surface area contributed by atoms with Crippen molar-refractivity contribution in [3.8, 4) is 10.8 Å². The zero-order valence-corrected chi connectivity index (χ0v) is 16.2. The van der Waals surface area contributed by atoms with E-state index >= 15 is 0 Å². The molecule has 0 spiro atoms. The van der Waals surface area contributed by atoms with Crippen LogP contribution in [-0.4, -0.2) is 41.3 Å². The molecule has 0 atom stereocenters. The molecule has 0 N–H and O–H groups in total. The molecule has 4 aromatic rings. The van der Waals surface area contributed by atoms with Crippen LogP contribution in [0, 0.1) is 0 Å². The first-order chi connectivity index (χ1) is 13.7. The molecular weight excluding hydrogens is 374 g/mol. The Morgan fingerprint density at radius 2 is 1.96 bits per heavy atom. The third-order valence-corrected chi connectivity index (χ3v) is 5.23. The second-order valence-electron chi connectivity index (χ2n) is 6.26. The van der Waals surface area contributed by atoms with E-state index in [9.17, 15) is 4.79 Å². The van der Waals surface area contributed by atoms with E-state index in [0.717, 1.165) is 15.6 Å². The standard InChI is InChI=1S/C21H19N3O3S/c1-26-11-10-24(14-19-22-23-20(27-19)18-7-4-12-28-18)21(25)17-9-8-15-5-2-3-6-16(15)13-17/h2-9,12-13H,10-11,14H2,1H3. The van der Waals surface area contributed by atoms with Gasteiger partial charge in [-0.1, -0.05) is 36.4 Å². The minimum absolute atomic E-state index is 0.0984. The Morgan fingerprint density at radius 1 is 1.11 bits per heavy atom. The highest BCUT2D eigenvalue weighted by Crippen LogP contribution is 2.24. The first-order valence-electron chi connectivity index (χ1n) is 8.88. The summed E-state index contributed by atoms with van der Waals surface area (Å²) < 4.78 is 10.9. The van der Waals surface area contributed by atoms with Gasteiger partial charge >= 0.3 is 0 Å². The molecule has 7 heteroatoms. The van der Waals surface area contributed by atoms with Crippen LogP contribution in [0.5, 0.6) is 0 Å². The van der Waals surface area contributed by atoms with Gasteiger partial charge in [-0.2, -0.15) is 0 Å². The van der Waals surface area contributed by atoms with Crippen LogP contribution >= 0.6 is 11.3 Å². The van der Waals surface area contributed by atoms with Crippen LogP contribution in [0.4, 0.5) is 0 Å². The first kappa shape index (κ1) is 18.3. The summed E-state index contributed by atoms with van der Waals surface area (Å²) in [4.78, 5) is 15.7. The summed E-state index contributed by atoms with van der Waals surface area (Å²) in [5.41, 5.74) is 0.618. The van der Waals surface area contributed by atoms with Crippen LogP contribution < -0.4 is 0 Å². The van der Waals surface area contributed by atoms with E-state index in [1.54, 1.807) is 12.0 Å². The van der Waals surface area contributed by atoms with Gasteiger partial charge in [0, 0.05) is 19.2 Å². The quantitative estimate of drug-likeness (QED) is 0.470. The molecule has 4 rings (SSSR count). The van der Waals surface area contributed by atoms with Gasteiger partial charge in [-0.3, -0.25) is 4.79 Å². The van der Waals surface area contributed by atoms with Crippen molar-refractivity contribution in [3.63, 3.8) is 0 Å². The van der Waals surface area contributed by atoms with E-state index in [4.69, 9.17) is 9.15 Å². The van der Waals surface area contributed by atoms with E-state index in [0.29, 0.717) is 30.5 Å². The number of fused-ring (bicyclic) bond motifs is 1. The lowest BCUT2D eigenvalue weighted by Gasteiger charge is -2.21. The second-order valence-corrected chi connectivity index (χ2v) is 7.21. The lowest BCUT2D eigenvalue weighted by Crippen LogP contribution is -2.33. The van der Waals surface area contributed by atoms with Gasteiger partial charge in [-0.05, 0) is 34.4 Å². The fraction of sp³-hybridized carbons (Fsp3) is 0.190. The third kappa shape index (κ3) is 3.95. The number of amides is 1. The smallest absolute Gasteiger partial charge is 0.257 e. The van der Waals surface area contributed by atoms with Gasteiger partial charge in [-0.15, -0.1) is 21.5 Å². The molecule has 0 aliphatic carbocycles. The van der Waals surface area contributed by atoms with Gasteiger partial charge in [0.15, 0.2) is 0 Å². The number of thiophene rings is 1. The zero-order valence-electron chi connectivity index (χ0n) is 15.4. The van der Waals surface area contributed by atoms with E-state index < -0.39 is 0 Å². The Kier molecular flexibility index (Phi) is 5.45. The maximum atomic E-state index is 13.1. The van der Waals surface area contributed by atoms with Crippen LogP contribution in [0.15, 0.2) is 64.4 Å². The number of rotatable bonds is 7. The van der Waals surface area contributed by atoms with Crippen molar-refractivity contribution >= 4 is 28.0 Å². The molecule has 0 aliphatic heterocycles. The van der Waals surface area contributed by atoms with Gasteiger partial charge in [-0.25, -0.2) is 0 Å². The normalized spacial score (nSPS) is 11.0. The number of hydrogen-bond donors (Lipinski definition) is 0. The Hall–Kier alpha value is -3.03. The largest absolute Gasteiger partial charge is 0.418 e. The molecule has 0 saturated heterocycles. The molecule has 28 heavy (non-hydrogen) atoms. The predicted molar refractivity (Wildman–Crippen MR) is 108 cm³/mol. The molecule has 0 radical (unpaired) electrons. The van der Waals surface area contributed by atoms with E-state index in [1.807, 2.05) is 60.0 Å². The zero-order chi connectivity index (χ0) is 19.3. The highest BCUT2D eigenvalue weighted by Gasteiger charge is 2.20. The highest BCUT2D eigenvalue weighted by molar-refractivity contribution is 7.13. The Morgan fingerprint density at radius 3 is 2.75 bits per heavy atom. The fourth-order valence-electron chi connectivity index (χ4n) is 2.94. The van der Waals surface area contributed by atoms with Crippen molar-refractivity contribution in [3.05, 3.63) is 71.4 Å². The maximum Gasteiger partial charge on any atom is 0.257 e. The molecule has 1 amide bonds. The lowest BCUT2D eigenvalue weighted by molar-refractivity contribution is 0.0663. The Balaban J connectivity index is 1.57. The molecule has 2 aromatic heterocycles. The van der Waals surface area contributed by atoms with E-state index in [1.165, 1.54) is 11.3 Å². The minimum Gasteiger partial charge on any atom is -0.418 e. The summed E-state index contributed by atoms with van der Waals surface area (Å²) in [6.07, 6.45) is 0. The third-order valence-electron chi connectivity index (χ3n) is 4.37. The number of ether oxygens (including phenoxy) is 1. The molecule has 0 fully saturated rings. The van der Waals surface area contributed by atoms with Crippen molar-refractivity contribution in [2.24, 2.45) is 0 Å². The van der Waals surface area contributed by atoms with Crippen LogP contribution in [0.3, 0.4) is 0 Å². The van der Waals surface area contributed by atoms with Crippen molar-refractivity contribution in [1.82, 2.24) is 15.1 Å². The highest BCUT2D eigenvalue weighted by atomic mass is 32.1. The van der Waals surface area contributed by atoms with Crippen LogP contribution in [0.25, 0.3) is 21.5 Å². The molecule has 0 aliphatic rings. The van der Waals surface area contributed by atoms with Crippen molar-refractivity contribution in [1.29, 1.82) is 0 Å². The maximum absolute atomic E-state index is 13.1. The van der Waals surface area contributed by atoms with Crippen LogP contribution in [0.2, 0.25) is 0 Å². The summed E-state index contributed by atoms with van der Waals surface area (Å²) in [6, 6.07) is 17.5.